The van der Waals surface area contributed by atoms with Crippen molar-refractivity contribution in [2.45, 2.75) is 38.5 Å². The van der Waals surface area contributed by atoms with Crippen LogP contribution < -0.4 is 10.1 Å². The molecule has 2 atom stereocenters. The van der Waals surface area contributed by atoms with Crippen molar-refractivity contribution < 1.29 is 9.53 Å². The van der Waals surface area contributed by atoms with Gasteiger partial charge in [-0.1, -0.05) is 25.1 Å². The van der Waals surface area contributed by atoms with E-state index in [0.29, 0.717) is 18.1 Å². The van der Waals surface area contributed by atoms with Crippen LogP contribution in [-0.2, 0) is 4.79 Å². The molecule has 0 aromatic heterocycles. The molecule has 1 N–H and O–H groups in total. The van der Waals surface area contributed by atoms with Crippen molar-refractivity contribution in [3.63, 3.8) is 0 Å². The number of rotatable bonds is 3. The molecule has 2 heterocycles. The molecule has 1 fully saturated rings. The summed E-state index contributed by atoms with van der Waals surface area (Å²) in [7, 11) is 0. The van der Waals surface area contributed by atoms with E-state index in [4.69, 9.17) is 4.74 Å². The molecule has 2 aliphatic heterocycles. The van der Waals surface area contributed by atoms with E-state index in [1.807, 2.05) is 18.2 Å². The van der Waals surface area contributed by atoms with E-state index < -0.39 is 0 Å². The van der Waals surface area contributed by atoms with Crippen molar-refractivity contribution in [1.29, 1.82) is 0 Å². The van der Waals surface area contributed by atoms with Crippen LogP contribution in [0.5, 0.6) is 5.75 Å². The number of Topliss-reactive ketones (excluding diaryl/α,β-unsaturated/α-hetero) is 1. The van der Waals surface area contributed by atoms with Crippen molar-refractivity contribution in [2.75, 3.05) is 19.7 Å². The van der Waals surface area contributed by atoms with Crippen molar-refractivity contribution in [1.82, 2.24) is 5.32 Å². The van der Waals surface area contributed by atoms with Crippen LogP contribution in [0.2, 0.25) is 0 Å². The number of benzene rings is 1. The van der Waals surface area contributed by atoms with Gasteiger partial charge in [-0.25, -0.2) is 0 Å². The molecule has 3 rings (SSSR count). The van der Waals surface area contributed by atoms with Gasteiger partial charge in [-0.2, -0.15) is 0 Å². The molecule has 1 saturated heterocycles. The van der Waals surface area contributed by atoms with Gasteiger partial charge in [-0.05, 0) is 43.4 Å². The minimum atomic E-state index is -0.175. The highest BCUT2D eigenvalue weighted by Gasteiger charge is 2.36. The number of ether oxygens (including phenoxy) is 1. The summed E-state index contributed by atoms with van der Waals surface area (Å²) in [4.78, 5) is 12.7. The zero-order chi connectivity index (χ0) is 14.0. The van der Waals surface area contributed by atoms with Crippen LogP contribution in [0.15, 0.2) is 24.3 Å². The summed E-state index contributed by atoms with van der Waals surface area (Å²) in [6.07, 6.45) is 3.72. The number of piperidine rings is 1. The standard InChI is InChI=1S/C17H23NO2/c1-17(8-4-9-18-12-17)16(19)11-13-7-10-20-15-6-3-2-5-14(13)15/h2-3,5-6,13,18H,4,7-12H2,1H3. The third kappa shape index (κ3) is 2.59. The first-order valence-electron chi connectivity index (χ1n) is 7.65. The average molecular weight is 273 g/mol. The van der Waals surface area contributed by atoms with E-state index in [1.54, 1.807) is 0 Å². The van der Waals surface area contributed by atoms with E-state index in [1.165, 1.54) is 5.56 Å². The van der Waals surface area contributed by atoms with Gasteiger partial charge in [0.05, 0.1) is 6.61 Å². The molecule has 0 radical (unpaired) electrons. The molecule has 3 heteroatoms. The fourth-order valence-corrected chi connectivity index (χ4v) is 3.39. The van der Waals surface area contributed by atoms with Crippen molar-refractivity contribution in [3.05, 3.63) is 29.8 Å². The minimum absolute atomic E-state index is 0.175. The Bertz CT molecular complexity index is 492. The lowest BCUT2D eigenvalue weighted by Gasteiger charge is -2.34. The zero-order valence-electron chi connectivity index (χ0n) is 12.2. The van der Waals surface area contributed by atoms with Crippen LogP contribution in [0.3, 0.4) is 0 Å². The van der Waals surface area contributed by atoms with E-state index in [0.717, 1.165) is 44.7 Å². The predicted octanol–water partition coefficient (Wildman–Crippen LogP) is 2.90. The number of para-hydroxylation sites is 1. The lowest BCUT2D eigenvalue weighted by molar-refractivity contribution is -0.129. The molecule has 0 saturated carbocycles. The topological polar surface area (TPSA) is 38.3 Å². The SMILES string of the molecule is CC1(C(=O)CC2CCOc3ccccc32)CCCNC1. The molecule has 2 aliphatic rings. The maximum atomic E-state index is 12.7. The second kappa shape index (κ2) is 5.57. The number of fused-ring (bicyclic) bond motifs is 1. The minimum Gasteiger partial charge on any atom is -0.493 e. The van der Waals surface area contributed by atoms with Crippen LogP contribution in [0.4, 0.5) is 0 Å². The maximum Gasteiger partial charge on any atom is 0.140 e. The fourth-order valence-electron chi connectivity index (χ4n) is 3.39. The highest BCUT2D eigenvalue weighted by atomic mass is 16.5. The van der Waals surface area contributed by atoms with Gasteiger partial charge in [-0.3, -0.25) is 4.79 Å². The first kappa shape index (κ1) is 13.6. The summed E-state index contributed by atoms with van der Waals surface area (Å²) in [5, 5.41) is 3.37. The molecule has 0 aliphatic carbocycles. The molecule has 1 aromatic carbocycles. The van der Waals surface area contributed by atoms with Crippen LogP contribution in [-0.4, -0.2) is 25.5 Å². The molecule has 108 valence electrons. The summed E-state index contributed by atoms with van der Waals surface area (Å²) < 4.78 is 5.68. The quantitative estimate of drug-likeness (QED) is 0.920. The molecule has 2 unspecified atom stereocenters. The lowest BCUT2D eigenvalue weighted by Crippen LogP contribution is -2.43. The molecule has 0 amide bonds. The summed E-state index contributed by atoms with van der Waals surface area (Å²) in [5.41, 5.74) is 1.03. The zero-order valence-corrected chi connectivity index (χ0v) is 12.2. The van der Waals surface area contributed by atoms with E-state index in [2.05, 4.69) is 18.3 Å². The fraction of sp³-hybridized carbons (Fsp3) is 0.588. The Morgan fingerprint density at radius 1 is 1.45 bits per heavy atom. The van der Waals surface area contributed by atoms with Gasteiger partial charge >= 0.3 is 0 Å². The van der Waals surface area contributed by atoms with E-state index >= 15 is 0 Å². The summed E-state index contributed by atoms with van der Waals surface area (Å²) in [5.74, 6) is 1.70. The Hall–Kier alpha value is -1.35. The highest BCUT2D eigenvalue weighted by molar-refractivity contribution is 5.85. The Balaban J connectivity index is 1.74. The number of carbonyl (C=O) groups excluding carboxylic acids is 1. The second-order valence-corrected chi connectivity index (χ2v) is 6.34. The van der Waals surface area contributed by atoms with Gasteiger partial charge in [-0.15, -0.1) is 0 Å². The van der Waals surface area contributed by atoms with Crippen LogP contribution in [0, 0.1) is 5.41 Å². The molecule has 1 aromatic rings. The van der Waals surface area contributed by atoms with Crippen LogP contribution >= 0.6 is 0 Å². The van der Waals surface area contributed by atoms with Crippen molar-refractivity contribution in [3.8, 4) is 5.75 Å². The Labute approximate surface area is 120 Å². The van der Waals surface area contributed by atoms with Gasteiger partial charge in [0.15, 0.2) is 0 Å². The number of carbonyl (C=O) groups is 1. The van der Waals surface area contributed by atoms with Crippen LogP contribution in [0.25, 0.3) is 0 Å². The molecular weight excluding hydrogens is 250 g/mol. The van der Waals surface area contributed by atoms with Gasteiger partial charge in [0.25, 0.3) is 0 Å². The van der Waals surface area contributed by atoms with Gasteiger partial charge in [0, 0.05) is 18.4 Å². The first-order valence-corrected chi connectivity index (χ1v) is 7.65. The van der Waals surface area contributed by atoms with Crippen LogP contribution in [0.1, 0.15) is 44.1 Å². The third-order valence-electron chi connectivity index (χ3n) is 4.78. The molecule has 20 heavy (non-hydrogen) atoms. The second-order valence-electron chi connectivity index (χ2n) is 6.34. The molecule has 0 bridgehead atoms. The van der Waals surface area contributed by atoms with Gasteiger partial charge in [0.2, 0.25) is 0 Å². The summed E-state index contributed by atoms with van der Waals surface area (Å²) in [6.45, 7) is 4.72. The van der Waals surface area contributed by atoms with Gasteiger partial charge in [0.1, 0.15) is 11.5 Å². The Kier molecular flexibility index (Phi) is 3.79. The van der Waals surface area contributed by atoms with E-state index in [-0.39, 0.29) is 5.41 Å². The largest absolute Gasteiger partial charge is 0.493 e. The molecular formula is C17H23NO2. The first-order chi connectivity index (χ1) is 9.69. The maximum absolute atomic E-state index is 12.7. The monoisotopic (exact) mass is 273 g/mol. The Morgan fingerprint density at radius 2 is 2.30 bits per heavy atom. The lowest BCUT2D eigenvalue weighted by atomic mass is 9.74. The molecule has 0 spiro atoms. The smallest absolute Gasteiger partial charge is 0.140 e. The normalized spacial score (nSPS) is 29.4. The number of nitrogens with one attached hydrogen (secondary N) is 1. The number of ketones is 1. The van der Waals surface area contributed by atoms with E-state index in [9.17, 15) is 4.79 Å². The number of hydrogen-bond acceptors (Lipinski definition) is 3. The van der Waals surface area contributed by atoms with Gasteiger partial charge < -0.3 is 10.1 Å². The van der Waals surface area contributed by atoms with Crippen molar-refractivity contribution in [2.24, 2.45) is 5.41 Å². The average Bonchev–Trinajstić information content (AvgIpc) is 2.48. The molecule has 3 nitrogen and oxygen atoms in total. The summed E-state index contributed by atoms with van der Waals surface area (Å²) in [6, 6.07) is 8.15. The number of hydrogen-bond donors (Lipinski definition) is 1. The predicted molar refractivity (Wildman–Crippen MR) is 79.1 cm³/mol. The summed E-state index contributed by atoms with van der Waals surface area (Å²) >= 11 is 0. The Morgan fingerprint density at radius 3 is 3.10 bits per heavy atom. The third-order valence-corrected chi connectivity index (χ3v) is 4.78. The van der Waals surface area contributed by atoms with Crippen molar-refractivity contribution >= 4 is 5.78 Å². The highest BCUT2D eigenvalue weighted by Crippen LogP contribution is 2.38.